The minimum atomic E-state index is -0.957. The third-order valence-corrected chi connectivity index (χ3v) is 2.52. The van der Waals surface area contributed by atoms with Crippen molar-refractivity contribution in [1.29, 1.82) is 0 Å². The van der Waals surface area contributed by atoms with Gasteiger partial charge in [0.05, 0.1) is 6.61 Å². The van der Waals surface area contributed by atoms with E-state index in [4.69, 9.17) is 14.6 Å². The first-order chi connectivity index (χ1) is 7.22. The van der Waals surface area contributed by atoms with Crippen molar-refractivity contribution in [3.63, 3.8) is 0 Å². The molecule has 2 N–H and O–H groups in total. The van der Waals surface area contributed by atoms with Crippen LogP contribution < -0.4 is 0 Å². The van der Waals surface area contributed by atoms with Gasteiger partial charge in [-0.2, -0.15) is 0 Å². The molecule has 15 heavy (non-hydrogen) atoms. The Bertz CT molecular complexity index is 363. The number of likely N-dealkylation sites (tertiary alicyclic amines) is 1. The Kier molecular flexibility index (Phi) is 2.59. The van der Waals surface area contributed by atoms with Gasteiger partial charge in [0, 0.05) is 6.54 Å². The van der Waals surface area contributed by atoms with Gasteiger partial charge in [0.1, 0.15) is 18.0 Å². The molecule has 0 bridgehead atoms. The van der Waals surface area contributed by atoms with Crippen LogP contribution in [0.2, 0.25) is 0 Å². The minimum Gasteiger partial charge on any atom is -0.465 e. The maximum Gasteiger partial charge on any atom is 0.407 e. The van der Waals surface area contributed by atoms with Crippen LogP contribution in [-0.4, -0.2) is 32.7 Å². The molecule has 0 aliphatic carbocycles. The molecular weight excluding hydrogens is 200 g/mol. The molecule has 0 radical (unpaired) electrons. The van der Waals surface area contributed by atoms with E-state index >= 15 is 0 Å². The molecule has 6 nitrogen and oxygen atoms in total. The van der Waals surface area contributed by atoms with Crippen LogP contribution in [0, 0.1) is 0 Å². The molecule has 0 aromatic carbocycles. The zero-order chi connectivity index (χ0) is 10.8. The first-order valence-corrected chi connectivity index (χ1v) is 4.77. The fourth-order valence-corrected chi connectivity index (χ4v) is 1.80. The Labute approximate surface area is 86.1 Å². The summed E-state index contributed by atoms with van der Waals surface area (Å²) in [5.41, 5.74) is 0.433. The molecule has 0 saturated carbocycles. The van der Waals surface area contributed by atoms with Gasteiger partial charge in [-0.25, -0.2) is 9.78 Å². The van der Waals surface area contributed by atoms with Crippen LogP contribution in [0.5, 0.6) is 0 Å². The van der Waals surface area contributed by atoms with E-state index < -0.39 is 6.09 Å². The maximum absolute atomic E-state index is 10.9. The number of carboxylic acid groups (broad SMARTS) is 1. The smallest absolute Gasteiger partial charge is 0.407 e. The maximum atomic E-state index is 10.9. The second-order valence-electron chi connectivity index (χ2n) is 3.47. The van der Waals surface area contributed by atoms with Gasteiger partial charge in [0.25, 0.3) is 0 Å². The number of aliphatic hydroxyl groups excluding tert-OH is 1. The zero-order valence-corrected chi connectivity index (χ0v) is 8.09. The Balaban J connectivity index is 2.18. The van der Waals surface area contributed by atoms with Crippen molar-refractivity contribution in [1.82, 2.24) is 9.88 Å². The van der Waals surface area contributed by atoms with Gasteiger partial charge in [0.2, 0.25) is 5.89 Å². The van der Waals surface area contributed by atoms with E-state index in [2.05, 4.69) is 4.98 Å². The third-order valence-electron chi connectivity index (χ3n) is 2.52. The Hall–Kier alpha value is -1.56. The topological polar surface area (TPSA) is 86.8 Å². The van der Waals surface area contributed by atoms with E-state index in [0.717, 1.165) is 12.8 Å². The summed E-state index contributed by atoms with van der Waals surface area (Å²) in [6.45, 7) is 0.320. The highest BCUT2D eigenvalue weighted by Gasteiger charge is 2.33. The van der Waals surface area contributed by atoms with Crippen molar-refractivity contribution in [2.24, 2.45) is 0 Å². The number of aromatic nitrogens is 1. The van der Waals surface area contributed by atoms with Crippen LogP contribution in [0.3, 0.4) is 0 Å². The van der Waals surface area contributed by atoms with E-state index in [0.29, 0.717) is 18.1 Å². The number of aliphatic hydroxyl groups is 1. The zero-order valence-electron chi connectivity index (χ0n) is 8.09. The molecule has 1 unspecified atom stereocenters. The summed E-state index contributed by atoms with van der Waals surface area (Å²) in [6, 6.07) is -0.303. The number of amides is 1. The van der Waals surface area contributed by atoms with Crippen LogP contribution in [0.1, 0.15) is 30.5 Å². The number of hydrogen-bond donors (Lipinski definition) is 2. The van der Waals surface area contributed by atoms with Crippen LogP contribution in [0.4, 0.5) is 4.79 Å². The normalized spacial score (nSPS) is 20.9. The summed E-state index contributed by atoms with van der Waals surface area (Å²) in [4.78, 5) is 16.2. The van der Waals surface area contributed by atoms with Crippen LogP contribution >= 0.6 is 0 Å². The highest BCUT2D eigenvalue weighted by molar-refractivity contribution is 5.65. The summed E-state index contributed by atoms with van der Waals surface area (Å²) in [5, 5.41) is 17.7. The van der Waals surface area contributed by atoms with Gasteiger partial charge >= 0.3 is 6.09 Å². The van der Waals surface area contributed by atoms with Gasteiger partial charge in [-0.1, -0.05) is 0 Å². The molecule has 1 aliphatic rings. The van der Waals surface area contributed by atoms with Gasteiger partial charge in [0.15, 0.2) is 0 Å². The quantitative estimate of drug-likeness (QED) is 0.763. The van der Waals surface area contributed by atoms with Crippen molar-refractivity contribution < 1.29 is 19.4 Å². The van der Waals surface area contributed by atoms with Crippen molar-refractivity contribution in [3.05, 3.63) is 17.8 Å². The van der Waals surface area contributed by atoms with Crippen molar-refractivity contribution in [3.8, 4) is 0 Å². The van der Waals surface area contributed by atoms with Crippen molar-refractivity contribution in [2.45, 2.75) is 25.5 Å². The van der Waals surface area contributed by atoms with E-state index in [1.165, 1.54) is 11.2 Å². The molecule has 1 saturated heterocycles. The molecule has 2 heterocycles. The largest absolute Gasteiger partial charge is 0.465 e. The Morgan fingerprint density at radius 3 is 3.13 bits per heavy atom. The number of nitrogens with zero attached hydrogens (tertiary/aromatic N) is 2. The van der Waals surface area contributed by atoms with E-state index in [9.17, 15) is 4.79 Å². The molecule has 6 heteroatoms. The summed E-state index contributed by atoms with van der Waals surface area (Å²) >= 11 is 0. The summed E-state index contributed by atoms with van der Waals surface area (Å²) < 4.78 is 5.14. The lowest BCUT2D eigenvalue weighted by Crippen LogP contribution is -2.28. The molecule has 1 atom stereocenters. The van der Waals surface area contributed by atoms with Crippen molar-refractivity contribution in [2.75, 3.05) is 6.54 Å². The first-order valence-electron chi connectivity index (χ1n) is 4.77. The number of oxazole rings is 1. The van der Waals surface area contributed by atoms with Gasteiger partial charge in [-0.3, -0.25) is 4.90 Å². The molecular formula is C9H12N2O4. The SMILES string of the molecule is O=C(O)N1CCCC1c1nc(CO)co1. The van der Waals surface area contributed by atoms with Crippen molar-refractivity contribution >= 4 is 6.09 Å². The predicted molar refractivity (Wildman–Crippen MR) is 49.1 cm³/mol. The van der Waals surface area contributed by atoms with E-state index in [-0.39, 0.29) is 12.6 Å². The molecule has 2 rings (SSSR count). The van der Waals surface area contributed by atoms with Gasteiger partial charge in [-0.15, -0.1) is 0 Å². The van der Waals surface area contributed by atoms with Crippen LogP contribution in [-0.2, 0) is 6.61 Å². The second-order valence-corrected chi connectivity index (χ2v) is 3.47. The van der Waals surface area contributed by atoms with Gasteiger partial charge < -0.3 is 14.6 Å². The number of rotatable bonds is 2. The summed E-state index contributed by atoms with van der Waals surface area (Å²) in [5.74, 6) is 0.374. The lowest BCUT2D eigenvalue weighted by atomic mass is 10.2. The standard InChI is InChI=1S/C9H12N2O4/c12-4-6-5-15-8(10-6)7-2-1-3-11(7)9(13)14/h5,7,12H,1-4H2,(H,13,14). The molecule has 1 aromatic heterocycles. The average molecular weight is 212 g/mol. The fourth-order valence-electron chi connectivity index (χ4n) is 1.80. The molecule has 1 fully saturated rings. The van der Waals surface area contributed by atoms with E-state index in [1.54, 1.807) is 0 Å². The molecule has 1 aromatic rings. The number of hydrogen-bond acceptors (Lipinski definition) is 4. The first kappa shape index (κ1) is 9.97. The Morgan fingerprint density at radius 2 is 2.53 bits per heavy atom. The molecule has 1 amide bonds. The fraction of sp³-hybridized carbons (Fsp3) is 0.556. The lowest BCUT2D eigenvalue weighted by molar-refractivity contribution is 0.134. The van der Waals surface area contributed by atoms with Crippen LogP contribution in [0.15, 0.2) is 10.7 Å². The monoisotopic (exact) mass is 212 g/mol. The average Bonchev–Trinajstić information content (AvgIpc) is 2.85. The second kappa shape index (κ2) is 3.90. The molecule has 82 valence electrons. The van der Waals surface area contributed by atoms with E-state index in [1.807, 2.05) is 0 Å². The van der Waals surface area contributed by atoms with Crippen LogP contribution in [0.25, 0.3) is 0 Å². The lowest BCUT2D eigenvalue weighted by Gasteiger charge is -2.17. The number of carbonyl (C=O) groups is 1. The Morgan fingerprint density at radius 1 is 1.73 bits per heavy atom. The molecule has 0 spiro atoms. The third kappa shape index (κ3) is 1.80. The molecule has 1 aliphatic heterocycles. The minimum absolute atomic E-state index is 0.191. The highest BCUT2D eigenvalue weighted by atomic mass is 16.4. The van der Waals surface area contributed by atoms with Gasteiger partial charge in [-0.05, 0) is 12.8 Å². The summed E-state index contributed by atoms with van der Waals surface area (Å²) in [6.07, 6.45) is 1.93. The highest BCUT2D eigenvalue weighted by Crippen LogP contribution is 2.31. The summed E-state index contributed by atoms with van der Waals surface area (Å²) in [7, 11) is 0. The predicted octanol–water partition coefficient (Wildman–Crippen LogP) is 0.982.